The predicted molar refractivity (Wildman–Crippen MR) is 76.8 cm³/mol. The lowest BCUT2D eigenvalue weighted by Crippen LogP contribution is -2.16. The lowest BCUT2D eigenvalue weighted by molar-refractivity contribution is -0.113. The van der Waals surface area contributed by atoms with Gasteiger partial charge in [0.1, 0.15) is 17.5 Å². The maximum absolute atomic E-state index is 13.4. The third-order valence-corrected chi connectivity index (χ3v) is 3.42. The van der Waals surface area contributed by atoms with Crippen molar-refractivity contribution in [3.8, 4) is 6.07 Å². The molecule has 0 fully saturated rings. The summed E-state index contributed by atoms with van der Waals surface area (Å²) in [6, 6.07) is 3.40. The zero-order chi connectivity index (χ0) is 17.0. The number of anilines is 2. The highest BCUT2D eigenvalue weighted by atomic mass is 32.2. The molecule has 2 rings (SSSR count). The molecule has 0 unspecified atom stereocenters. The summed E-state index contributed by atoms with van der Waals surface area (Å²) in [5.41, 5.74) is 5.12. The average Bonchev–Trinajstić information content (AvgIpc) is 2.53. The maximum Gasteiger partial charge on any atom is 0.234 e. The van der Waals surface area contributed by atoms with Gasteiger partial charge in [-0.15, -0.1) is 0 Å². The quantitative estimate of drug-likeness (QED) is 0.502. The topological polar surface area (TPSA) is 105 Å². The van der Waals surface area contributed by atoms with Crippen molar-refractivity contribution >= 4 is 29.2 Å². The Kier molecular flexibility index (Phi) is 5.02. The molecule has 0 radical (unpaired) electrons. The average molecular weight is 339 g/mol. The second-order valence-corrected chi connectivity index (χ2v) is 5.07. The van der Waals surface area contributed by atoms with Crippen molar-refractivity contribution in [1.29, 1.82) is 5.26 Å². The van der Waals surface area contributed by atoms with Gasteiger partial charge < -0.3 is 11.1 Å². The molecule has 118 valence electrons. The van der Waals surface area contributed by atoms with E-state index in [1.54, 1.807) is 6.07 Å². The Morgan fingerprint density at radius 2 is 2.09 bits per heavy atom. The number of carbonyl (C=O) groups excluding carboxylic acids is 1. The fourth-order valence-corrected chi connectivity index (χ4v) is 2.10. The van der Waals surface area contributed by atoms with Crippen LogP contribution in [-0.2, 0) is 4.79 Å². The number of nitriles is 1. The van der Waals surface area contributed by atoms with Gasteiger partial charge in [0.2, 0.25) is 5.91 Å². The number of rotatable bonds is 4. The molecule has 0 aliphatic rings. The number of thioether (sulfide) groups is 1. The number of benzene rings is 1. The Morgan fingerprint density at radius 3 is 2.74 bits per heavy atom. The summed E-state index contributed by atoms with van der Waals surface area (Å²) in [6.07, 6.45) is 1.21. The maximum atomic E-state index is 13.4. The van der Waals surface area contributed by atoms with Gasteiger partial charge in [-0.25, -0.2) is 23.1 Å². The van der Waals surface area contributed by atoms with E-state index in [4.69, 9.17) is 11.0 Å². The molecule has 0 aliphatic carbocycles. The third-order valence-electron chi connectivity index (χ3n) is 2.56. The number of hydrogen-bond donors (Lipinski definition) is 2. The van der Waals surface area contributed by atoms with Crippen molar-refractivity contribution in [2.75, 3.05) is 16.8 Å². The number of carbonyl (C=O) groups is 1. The normalized spacial score (nSPS) is 10.2. The molecule has 1 heterocycles. The fraction of sp³-hybridized carbons (Fsp3) is 0.0769. The minimum atomic E-state index is -1.67. The molecule has 23 heavy (non-hydrogen) atoms. The highest BCUT2D eigenvalue weighted by Crippen LogP contribution is 2.21. The Morgan fingerprint density at radius 1 is 1.35 bits per heavy atom. The van der Waals surface area contributed by atoms with Crippen LogP contribution in [0.3, 0.4) is 0 Å². The predicted octanol–water partition coefficient (Wildman–Crippen LogP) is 2.08. The van der Waals surface area contributed by atoms with Crippen LogP contribution in [0, 0.1) is 28.8 Å². The summed E-state index contributed by atoms with van der Waals surface area (Å²) in [6.45, 7) is 0. The van der Waals surface area contributed by atoms with Crippen molar-refractivity contribution in [3.63, 3.8) is 0 Å². The largest absolute Gasteiger partial charge is 0.382 e. The van der Waals surface area contributed by atoms with Crippen LogP contribution in [-0.4, -0.2) is 21.6 Å². The first kappa shape index (κ1) is 16.6. The van der Waals surface area contributed by atoms with Crippen molar-refractivity contribution in [2.45, 2.75) is 5.16 Å². The van der Waals surface area contributed by atoms with Crippen LogP contribution in [0.1, 0.15) is 5.56 Å². The van der Waals surface area contributed by atoms with E-state index >= 15 is 0 Å². The zero-order valence-electron chi connectivity index (χ0n) is 11.3. The standard InChI is InChI=1S/C13H8F3N5OS/c14-7-1-2-8(11(16)10(7)15)20-9(22)5-23-13-19-4-6(3-17)12(18)21-13/h1-2,4H,5H2,(H,20,22)(H2,18,19,21). The van der Waals surface area contributed by atoms with Crippen LogP contribution in [0.25, 0.3) is 0 Å². The van der Waals surface area contributed by atoms with Gasteiger partial charge in [-0.1, -0.05) is 11.8 Å². The van der Waals surface area contributed by atoms with E-state index in [9.17, 15) is 18.0 Å². The molecule has 0 aliphatic heterocycles. The highest BCUT2D eigenvalue weighted by molar-refractivity contribution is 7.99. The summed E-state index contributed by atoms with van der Waals surface area (Å²) in [4.78, 5) is 19.3. The number of hydrogen-bond acceptors (Lipinski definition) is 6. The van der Waals surface area contributed by atoms with Gasteiger partial charge in [0.25, 0.3) is 0 Å². The van der Waals surface area contributed by atoms with E-state index in [0.29, 0.717) is 6.07 Å². The second-order valence-electron chi connectivity index (χ2n) is 4.12. The SMILES string of the molecule is N#Cc1cnc(SCC(=O)Nc2ccc(F)c(F)c2F)nc1N. The van der Waals surface area contributed by atoms with Crippen LogP contribution >= 0.6 is 11.8 Å². The van der Waals surface area contributed by atoms with E-state index in [2.05, 4.69) is 15.3 Å². The molecule has 1 aromatic carbocycles. The molecular formula is C13H8F3N5OS. The zero-order valence-corrected chi connectivity index (χ0v) is 12.1. The Hall–Kier alpha value is -2.80. The molecule has 0 saturated carbocycles. The number of aromatic nitrogens is 2. The number of nitrogens with zero attached hydrogens (tertiary/aromatic N) is 3. The number of amides is 1. The smallest absolute Gasteiger partial charge is 0.234 e. The second kappa shape index (κ2) is 6.97. The van der Waals surface area contributed by atoms with E-state index in [1.165, 1.54) is 6.20 Å². The number of halogens is 3. The molecule has 1 aromatic heterocycles. The summed E-state index contributed by atoms with van der Waals surface area (Å²) in [7, 11) is 0. The van der Waals surface area contributed by atoms with E-state index in [-0.39, 0.29) is 22.3 Å². The van der Waals surface area contributed by atoms with Crippen LogP contribution < -0.4 is 11.1 Å². The third kappa shape index (κ3) is 3.89. The molecule has 0 bridgehead atoms. The first-order chi connectivity index (χ1) is 10.9. The van der Waals surface area contributed by atoms with E-state index < -0.39 is 29.0 Å². The van der Waals surface area contributed by atoms with Gasteiger partial charge in [-0.2, -0.15) is 5.26 Å². The number of nitrogens with two attached hydrogens (primary N) is 1. The molecule has 0 atom stereocenters. The Balaban J connectivity index is 2.00. The summed E-state index contributed by atoms with van der Waals surface area (Å²) in [5.74, 6) is -5.43. The van der Waals surface area contributed by atoms with Crippen LogP contribution in [0.5, 0.6) is 0 Å². The molecule has 0 saturated heterocycles. The van der Waals surface area contributed by atoms with Gasteiger partial charge in [-0.05, 0) is 12.1 Å². The minimum Gasteiger partial charge on any atom is -0.382 e. The molecule has 1 amide bonds. The number of nitrogens with one attached hydrogen (secondary N) is 1. The monoisotopic (exact) mass is 339 g/mol. The van der Waals surface area contributed by atoms with Crippen molar-refractivity contribution < 1.29 is 18.0 Å². The van der Waals surface area contributed by atoms with E-state index in [1.807, 2.05) is 0 Å². The van der Waals surface area contributed by atoms with Gasteiger partial charge in [-0.3, -0.25) is 4.79 Å². The van der Waals surface area contributed by atoms with Crippen molar-refractivity contribution in [3.05, 3.63) is 41.3 Å². The molecular weight excluding hydrogens is 331 g/mol. The minimum absolute atomic E-state index is 0.0305. The van der Waals surface area contributed by atoms with Gasteiger partial charge >= 0.3 is 0 Å². The molecule has 0 spiro atoms. The molecule has 3 N–H and O–H groups in total. The summed E-state index contributed by atoms with van der Waals surface area (Å²) >= 11 is 0.880. The lowest BCUT2D eigenvalue weighted by Gasteiger charge is -2.07. The van der Waals surface area contributed by atoms with Crippen LogP contribution in [0.4, 0.5) is 24.7 Å². The van der Waals surface area contributed by atoms with Gasteiger partial charge in [0.05, 0.1) is 17.6 Å². The highest BCUT2D eigenvalue weighted by Gasteiger charge is 2.15. The Bertz CT molecular complexity index is 809. The summed E-state index contributed by atoms with van der Waals surface area (Å²) in [5, 5.41) is 10.9. The molecule has 2 aromatic rings. The van der Waals surface area contributed by atoms with Crippen LogP contribution in [0.2, 0.25) is 0 Å². The first-order valence-corrected chi connectivity index (χ1v) is 6.99. The first-order valence-electron chi connectivity index (χ1n) is 6.01. The lowest BCUT2D eigenvalue weighted by atomic mass is 10.3. The van der Waals surface area contributed by atoms with Crippen molar-refractivity contribution in [2.24, 2.45) is 0 Å². The number of nitrogen functional groups attached to an aromatic ring is 1. The fourth-order valence-electron chi connectivity index (χ4n) is 1.47. The van der Waals surface area contributed by atoms with E-state index in [0.717, 1.165) is 17.8 Å². The summed E-state index contributed by atoms with van der Waals surface area (Å²) < 4.78 is 39.2. The Labute approximate surface area is 132 Å². The van der Waals surface area contributed by atoms with Gasteiger partial charge in [0.15, 0.2) is 22.6 Å². The van der Waals surface area contributed by atoms with Gasteiger partial charge in [0, 0.05) is 0 Å². The van der Waals surface area contributed by atoms with Crippen molar-refractivity contribution in [1.82, 2.24) is 9.97 Å². The van der Waals surface area contributed by atoms with Crippen LogP contribution in [0.15, 0.2) is 23.5 Å². The molecule has 6 nitrogen and oxygen atoms in total. The molecule has 10 heteroatoms.